The number of halogens is 1. The zero-order valence-electron chi connectivity index (χ0n) is 13.5. The first-order valence-electron chi connectivity index (χ1n) is 7.54. The van der Waals surface area contributed by atoms with Crippen LogP contribution in [0.5, 0.6) is 11.5 Å². The van der Waals surface area contributed by atoms with Crippen molar-refractivity contribution in [2.45, 2.75) is 13.0 Å². The highest BCUT2D eigenvalue weighted by molar-refractivity contribution is 5.77. The average molecular weight is 329 g/mol. The van der Waals surface area contributed by atoms with E-state index in [0.29, 0.717) is 17.1 Å². The summed E-state index contributed by atoms with van der Waals surface area (Å²) in [7, 11) is 1.55. The molecule has 1 N–H and O–H groups in total. The van der Waals surface area contributed by atoms with E-state index < -0.39 is 0 Å². The van der Waals surface area contributed by atoms with E-state index in [-0.39, 0.29) is 24.9 Å². The summed E-state index contributed by atoms with van der Waals surface area (Å²) in [5, 5.41) is 2.68. The third-order valence-corrected chi connectivity index (χ3v) is 3.35. The van der Waals surface area contributed by atoms with Crippen LogP contribution in [0.3, 0.4) is 0 Å². The van der Waals surface area contributed by atoms with Crippen LogP contribution in [0.4, 0.5) is 4.39 Å². The van der Waals surface area contributed by atoms with Gasteiger partial charge in [-0.2, -0.15) is 0 Å². The lowest BCUT2D eigenvalue weighted by Crippen LogP contribution is -2.28. The topological polar surface area (TPSA) is 47.6 Å². The molecule has 0 aliphatic carbocycles. The maximum Gasteiger partial charge on any atom is 0.258 e. The summed E-state index contributed by atoms with van der Waals surface area (Å²) in [4.78, 5) is 11.9. The van der Waals surface area contributed by atoms with Crippen molar-refractivity contribution in [3.8, 4) is 11.5 Å². The van der Waals surface area contributed by atoms with Crippen molar-refractivity contribution in [1.82, 2.24) is 5.32 Å². The molecule has 0 saturated carbocycles. The summed E-state index contributed by atoms with van der Waals surface area (Å²) < 4.78 is 23.8. The van der Waals surface area contributed by atoms with Crippen LogP contribution in [-0.2, 0) is 17.8 Å². The molecule has 0 aliphatic rings. The van der Waals surface area contributed by atoms with Gasteiger partial charge in [0.1, 0.15) is 5.82 Å². The van der Waals surface area contributed by atoms with E-state index in [4.69, 9.17) is 9.47 Å². The second-order valence-corrected chi connectivity index (χ2v) is 5.17. The highest BCUT2D eigenvalue weighted by atomic mass is 19.1. The van der Waals surface area contributed by atoms with E-state index in [2.05, 4.69) is 11.9 Å². The maximum atomic E-state index is 13.1. The minimum Gasteiger partial charge on any atom is -0.493 e. The van der Waals surface area contributed by atoms with Gasteiger partial charge >= 0.3 is 0 Å². The number of hydrogen-bond acceptors (Lipinski definition) is 3. The van der Waals surface area contributed by atoms with Gasteiger partial charge in [-0.25, -0.2) is 4.39 Å². The minimum atomic E-state index is -0.331. The molecule has 0 bridgehead atoms. The molecule has 0 fully saturated rings. The Morgan fingerprint density at radius 2 is 2.04 bits per heavy atom. The SMILES string of the molecule is C=CCc1ccc(OCC(=O)NCc2cccc(F)c2)c(OC)c1. The third-order valence-electron chi connectivity index (χ3n) is 3.35. The Balaban J connectivity index is 1.88. The van der Waals surface area contributed by atoms with E-state index >= 15 is 0 Å². The summed E-state index contributed by atoms with van der Waals surface area (Å²) in [6.45, 7) is 3.79. The predicted octanol–water partition coefficient (Wildman–Crippen LogP) is 3.26. The fourth-order valence-corrected chi connectivity index (χ4v) is 2.17. The molecule has 0 spiro atoms. The molecular formula is C19H20FNO3. The molecule has 5 heteroatoms. The molecule has 2 aromatic carbocycles. The van der Waals surface area contributed by atoms with Crippen LogP contribution >= 0.6 is 0 Å². The number of allylic oxidation sites excluding steroid dienone is 1. The number of benzene rings is 2. The average Bonchev–Trinajstić information content (AvgIpc) is 2.59. The standard InChI is InChI=1S/C19H20FNO3/c1-3-5-14-8-9-17(18(11-14)23-2)24-13-19(22)21-12-15-6-4-7-16(20)10-15/h3-4,6-11H,1,5,12-13H2,2H3,(H,21,22). The summed E-state index contributed by atoms with van der Waals surface area (Å²) >= 11 is 0. The van der Waals surface area contributed by atoms with Gasteiger partial charge in [-0.3, -0.25) is 4.79 Å². The first kappa shape index (κ1) is 17.5. The van der Waals surface area contributed by atoms with Gasteiger partial charge in [0.25, 0.3) is 5.91 Å². The van der Waals surface area contributed by atoms with Crippen LogP contribution in [0.15, 0.2) is 55.1 Å². The number of nitrogens with one attached hydrogen (secondary N) is 1. The Kier molecular flexibility index (Phi) is 6.37. The number of methoxy groups -OCH3 is 1. The molecule has 24 heavy (non-hydrogen) atoms. The van der Waals surface area contributed by atoms with Crippen LogP contribution in [0.1, 0.15) is 11.1 Å². The number of amides is 1. The quantitative estimate of drug-likeness (QED) is 0.756. The van der Waals surface area contributed by atoms with Crippen LogP contribution in [0.25, 0.3) is 0 Å². The van der Waals surface area contributed by atoms with Crippen molar-refractivity contribution in [2.24, 2.45) is 0 Å². The van der Waals surface area contributed by atoms with Crippen LogP contribution < -0.4 is 14.8 Å². The van der Waals surface area contributed by atoms with E-state index in [9.17, 15) is 9.18 Å². The number of ether oxygens (including phenoxy) is 2. The van der Waals surface area contributed by atoms with Gasteiger partial charge in [0.15, 0.2) is 18.1 Å². The van der Waals surface area contributed by atoms with Crippen molar-refractivity contribution >= 4 is 5.91 Å². The highest BCUT2D eigenvalue weighted by Gasteiger charge is 2.08. The molecule has 1 amide bonds. The molecule has 0 radical (unpaired) electrons. The molecule has 4 nitrogen and oxygen atoms in total. The molecule has 2 aromatic rings. The van der Waals surface area contributed by atoms with E-state index in [1.165, 1.54) is 12.1 Å². The van der Waals surface area contributed by atoms with Crippen molar-refractivity contribution in [3.63, 3.8) is 0 Å². The number of rotatable bonds is 8. The van der Waals surface area contributed by atoms with E-state index in [1.54, 1.807) is 31.4 Å². The van der Waals surface area contributed by atoms with Crippen molar-refractivity contribution in [1.29, 1.82) is 0 Å². The Morgan fingerprint density at radius 1 is 1.21 bits per heavy atom. The van der Waals surface area contributed by atoms with Crippen molar-refractivity contribution in [2.75, 3.05) is 13.7 Å². The lowest BCUT2D eigenvalue weighted by atomic mass is 10.1. The van der Waals surface area contributed by atoms with Gasteiger partial charge in [0.05, 0.1) is 7.11 Å². The zero-order valence-corrected chi connectivity index (χ0v) is 13.5. The largest absolute Gasteiger partial charge is 0.493 e. The Bertz CT molecular complexity index is 716. The van der Waals surface area contributed by atoms with Gasteiger partial charge in [0.2, 0.25) is 0 Å². The molecule has 2 rings (SSSR count). The van der Waals surface area contributed by atoms with Crippen LogP contribution in [0.2, 0.25) is 0 Å². The lowest BCUT2D eigenvalue weighted by molar-refractivity contribution is -0.123. The molecule has 0 aromatic heterocycles. The Labute approximate surface area is 140 Å². The second-order valence-electron chi connectivity index (χ2n) is 5.17. The third kappa shape index (κ3) is 5.12. The monoisotopic (exact) mass is 329 g/mol. The highest BCUT2D eigenvalue weighted by Crippen LogP contribution is 2.28. The van der Waals surface area contributed by atoms with Gasteiger partial charge < -0.3 is 14.8 Å². The fraction of sp³-hybridized carbons (Fsp3) is 0.211. The molecule has 0 heterocycles. The van der Waals surface area contributed by atoms with Crippen molar-refractivity contribution < 1.29 is 18.7 Å². The molecule has 126 valence electrons. The lowest BCUT2D eigenvalue weighted by Gasteiger charge is -2.12. The summed E-state index contributed by atoms with van der Waals surface area (Å²) in [5.41, 5.74) is 1.74. The number of carbonyl (C=O) groups is 1. The van der Waals surface area contributed by atoms with Gasteiger partial charge in [0, 0.05) is 6.54 Å². The first-order chi connectivity index (χ1) is 11.6. The normalized spacial score (nSPS) is 10.1. The number of carbonyl (C=O) groups excluding carboxylic acids is 1. The summed E-state index contributed by atoms with van der Waals surface area (Å²) in [5.74, 6) is 0.428. The second kappa shape index (κ2) is 8.72. The summed E-state index contributed by atoms with van der Waals surface area (Å²) in [6, 6.07) is 11.6. The smallest absolute Gasteiger partial charge is 0.258 e. The minimum absolute atomic E-state index is 0.146. The molecule has 0 atom stereocenters. The Morgan fingerprint density at radius 3 is 2.75 bits per heavy atom. The Hall–Kier alpha value is -2.82. The first-order valence-corrected chi connectivity index (χ1v) is 7.54. The predicted molar refractivity (Wildman–Crippen MR) is 90.6 cm³/mol. The maximum absolute atomic E-state index is 13.1. The van der Waals surface area contributed by atoms with Crippen molar-refractivity contribution in [3.05, 3.63) is 72.1 Å². The van der Waals surface area contributed by atoms with Gasteiger partial charge in [-0.05, 0) is 41.8 Å². The summed E-state index contributed by atoms with van der Waals surface area (Å²) in [6.07, 6.45) is 2.53. The molecule has 0 aliphatic heterocycles. The molecular weight excluding hydrogens is 309 g/mol. The van der Waals surface area contributed by atoms with Crippen LogP contribution in [-0.4, -0.2) is 19.6 Å². The molecule has 0 unspecified atom stereocenters. The van der Waals surface area contributed by atoms with Gasteiger partial charge in [-0.1, -0.05) is 24.3 Å². The number of hydrogen-bond donors (Lipinski definition) is 1. The molecule has 0 saturated heterocycles. The zero-order chi connectivity index (χ0) is 17.4. The fourth-order valence-electron chi connectivity index (χ4n) is 2.17. The van der Waals surface area contributed by atoms with Gasteiger partial charge in [-0.15, -0.1) is 6.58 Å². The van der Waals surface area contributed by atoms with Crippen LogP contribution in [0, 0.1) is 5.82 Å². The van der Waals surface area contributed by atoms with E-state index in [1.807, 2.05) is 12.1 Å². The van der Waals surface area contributed by atoms with E-state index in [0.717, 1.165) is 12.0 Å².